The van der Waals surface area contributed by atoms with Gasteiger partial charge in [-0.1, -0.05) is 0 Å². The lowest BCUT2D eigenvalue weighted by molar-refractivity contribution is 0.251. The quantitative estimate of drug-likeness (QED) is 0.705. The van der Waals surface area contributed by atoms with Gasteiger partial charge in [-0.2, -0.15) is 5.26 Å². The lowest BCUT2D eigenvalue weighted by atomic mass is 10.2. The Morgan fingerprint density at radius 2 is 2.27 bits per heavy atom. The van der Waals surface area contributed by atoms with Gasteiger partial charge in [0.15, 0.2) is 0 Å². The van der Waals surface area contributed by atoms with E-state index in [1.54, 1.807) is 0 Å². The largest absolute Gasteiger partial charge is 0.351 e. The number of halogens is 1. The highest BCUT2D eigenvalue weighted by atomic mass is 19.1. The third kappa shape index (κ3) is 1.32. The van der Waals surface area contributed by atoms with Crippen LogP contribution in [0.3, 0.4) is 0 Å². The van der Waals surface area contributed by atoms with E-state index in [0.717, 1.165) is 4.57 Å². The summed E-state index contributed by atoms with van der Waals surface area (Å²) in [6, 6.07) is 5.00. The second kappa shape index (κ2) is 3.10. The zero-order valence-electron chi connectivity index (χ0n) is 7.57. The van der Waals surface area contributed by atoms with Gasteiger partial charge in [0.05, 0.1) is 11.1 Å². The fraction of sp³-hybridized carbons (Fsp3) is 0. The summed E-state index contributed by atoms with van der Waals surface area (Å²) in [4.78, 5) is 11.0. The van der Waals surface area contributed by atoms with Crippen molar-refractivity contribution < 1.29 is 9.18 Å². The Balaban J connectivity index is 2.88. The molecule has 2 N–H and O–H groups in total. The molecule has 0 atom stereocenters. The Morgan fingerprint density at radius 1 is 1.53 bits per heavy atom. The van der Waals surface area contributed by atoms with Crippen molar-refractivity contribution in [3.63, 3.8) is 0 Å². The zero-order valence-corrected chi connectivity index (χ0v) is 7.57. The summed E-state index contributed by atoms with van der Waals surface area (Å²) in [6.45, 7) is 0. The molecule has 0 bridgehead atoms. The molecule has 15 heavy (non-hydrogen) atoms. The number of nitriles is 1. The second-order valence-electron chi connectivity index (χ2n) is 3.02. The molecule has 0 spiro atoms. The van der Waals surface area contributed by atoms with E-state index in [4.69, 9.17) is 11.0 Å². The topological polar surface area (TPSA) is 71.8 Å². The minimum absolute atomic E-state index is 0.225. The molecule has 5 heteroatoms. The number of benzene rings is 1. The van der Waals surface area contributed by atoms with Crippen LogP contribution >= 0.6 is 0 Å². The standard InChI is InChI=1S/C10H6FN3O/c11-7-1-2-9-8(3-7)6(4-12)5-14(9)10(13)15/h1-3,5H,(H2,13,15). The molecule has 0 aliphatic heterocycles. The molecule has 0 aliphatic carbocycles. The molecule has 0 unspecified atom stereocenters. The summed E-state index contributed by atoms with van der Waals surface area (Å²) in [7, 11) is 0. The van der Waals surface area contributed by atoms with Crippen molar-refractivity contribution >= 4 is 16.9 Å². The summed E-state index contributed by atoms with van der Waals surface area (Å²) < 4.78 is 14.0. The van der Waals surface area contributed by atoms with Gasteiger partial charge in [0.2, 0.25) is 0 Å². The molecule has 0 saturated heterocycles. The number of carbonyl (C=O) groups is 1. The van der Waals surface area contributed by atoms with E-state index >= 15 is 0 Å². The summed E-state index contributed by atoms with van der Waals surface area (Å²) in [6.07, 6.45) is 1.30. The van der Waals surface area contributed by atoms with E-state index in [1.165, 1.54) is 24.4 Å². The van der Waals surface area contributed by atoms with Gasteiger partial charge in [-0.05, 0) is 18.2 Å². The number of aromatic nitrogens is 1. The average Bonchev–Trinajstić information content (AvgIpc) is 2.55. The third-order valence-corrected chi connectivity index (χ3v) is 2.12. The molecule has 1 aromatic carbocycles. The van der Waals surface area contributed by atoms with E-state index in [-0.39, 0.29) is 5.56 Å². The van der Waals surface area contributed by atoms with Crippen LogP contribution in [0.4, 0.5) is 9.18 Å². The zero-order chi connectivity index (χ0) is 11.0. The first-order valence-electron chi connectivity index (χ1n) is 4.14. The molecule has 0 fully saturated rings. The number of fused-ring (bicyclic) bond motifs is 1. The summed E-state index contributed by atoms with van der Waals surface area (Å²) >= 11 is 0. The molecule has 74 valence electrons. The van der Waals surface area contributed by atoms with Crippen LogP contribution < -0.4 is 5.73 Å². The SMILES string of the molecule is N#Cc1cn(C(N)=O)c2ccc(F)cc12. The molecule has 0 aliphatic rings. The van der Waals surface area contributed by atoms with Crippen LogP contribution in [0.25, 0.3) is 10.9 Å². The van der Waals surface area contributed by atoms with Gasteiger partial charge in [-0.25, -0.2) is 9.18 Å². The number of nitrogens with zero attached hydrogens (tertiary/aromatic N) is 2. The highest BCUT2D eigenvalue weighted by molar-refractivity contribution is 5.94. The van der Waals surface area contributed by atoms with Gasteiger partial charge >= 0.3 is 6.03 Å². The van der Waals surface area contributed by atoms with Gasteiger partial charge in [0.1, 0.15) is 11.9 Å². The van der Waals surface area contributed by atoms with E-state index in [2.05, 4.69) is 0 Å². The van der Waals surface area contributed by atoms with Gasteiger partial charge in [-0.3, -0.25) is 4.57 Å². The first kappa shape index (κ1) is 9.21. The maximum absolute atomic E-state index is 12.9. The van der Waals surface area contributed by atoms with Crippen LogP contribution in [0.5, 0.6) is 0 Å². The Labute approximate surface area is 84.3 Å². The van der Waals surface area contributed by atoms with Crippen molar-refractivity contribution in [2.45, 2.75) is 0 Å². The molecule has 0 saturated carbocycles. The first-order valence-corrected chi connectivity index (χ1v) is 4.14. The van der Waals surface area contributed by atoms with Gasteiger partial charge in [0, 0.05) is 11.6 Å². The smallest absolute Gasteiger partial charge is 0.323 e. The summed E-state index contributed by atoms with van der Waals surface area (Å²) in [5.74, 6) is -0.457. The van der Waals surface area contributed by atoms with Crippen molar-refractivity contribution in [1.29, 1.82) is 5.26 Å². The van der Waals surface area contributed by atoms with Gasteiger partial charge in [-0.15, -0.1) is 0 Å². The van der Waals surface area contributed by atoms with Crippen molar-refractivity contribution in [2.75, 3.05) is 0 Å². The number of nitrogens with two attached hydrogens (primary N) is 1. The van der Waals surface area contributed by atoms with Crippen LogP contribution in [-0.4, -0.2) is 10.6 Å². The van der Waals surface area contributed by atoms with E-state index in [1.807, 2.05) is 6.07 Å². The van der Waals surface area contributed by atoms with Gasteiger partial charge in [0.25, 0.3) is 0 Å². The Morgan fingerprint density at radius 3 is 2.87 bits per heavy atom. The first-order chi connectivity index (χ1) is 7.13. The average molecular weight is 203 g/mol. The van der Waals surface area contributed by atoms with Crippen LogP contribution in [0.2, 0.25) is 0 Å². The fourth-order valence-corrected chi connectivity index (χ4v) is 1.47. The lowest BCUT2D eigenvalue weighted by Gasteiger charge is -1.97. The van der Waals surface area contributed by atoms with Crippen LogP contribution in [-0.2, 0) is 0 Å². The van der Waals surface area contributed by atoms with E-state index < -0.39 is 11.8 Å². The number of primary amides is 1. The van der Waals surface area contributed by atoms with E-state index in [9.17, 15) is 9.18 Å². The highest BCUT2D eigenvalue weighted by Gasteiger charge is 2.11. The number of carbonyl (C=O) groups excluding carboxylic acids is 1. The number of amides is 1. The number of rotatable bonds is 0. The summed E-state index contributed by atoms with van der Waals surface area (Å²) in [5, 5.41) is 9.17. The molecule has 0 radical (unpaired) electrons. The van der Waals surface area contributed by atoms with E-state index in [0.29, 0.717) is 10.9 Å². The fourth-order valence-electron chi connectivity index (χ4n) is 1.47. The molecule has 2 rings (SSSR count). The number of hydrogen-bond acceptors (Lipinski definition) is 2. The Hall–Kier alpha value is -2.35. The molecule has 2 aromatic rings. The minimum Gasteiger partial charge on any atom is -0.351 e. The van der Waals surface area contributed by atoms with Gasteiger partial charge < -0.3 is 5.73 Å². The molecular formula is C10H6FN3O. The molecule has 1 amide bonds. The monoisotopic (exact) mass is 203 g/mol. The maximum Gasteiger partial charge on any atom is 0.323 e. The normalized spacial score (nSPS) is 10.1. The summed E-state index contributed by atoms with van der Waals surface area (Å²) in [5.41, 5.74) is 5.76. The predicted octanol–water partition coefficient (Wildman–Crippen LogP) is 1.58. The minimum atomic E-state index is -0.701. The molecular weight excluding hydrogens is 197 g/mol. The number of hydrogen-bond donors (Lipinski definition) is 1. The van der Waals surface area contributed by atoms with Crippen molar-refractivity contribution in [3.8, 4) is 6.07 Å². The van der Waals surface area contributed by atoms with Crippen molar-refractivity contribution in [3.05, 3.63) is 35.8 Å². The van der Waals surface area contributed by atoms with Crippen molar-refractivity contribution in [1.82, 2.24) is 4.57 Å². The Bertz CT molecular complexity index is 594. The molecule has 1 aromatic heterocycles. The maximum atomic E-state index is 12.9. The molecule has 1 heterocycles. The second-order valence-corrected chi connectivity index (χ2v) is 3.02. The third-order valence-electron chi connectivity index (χ3n) is 2.12. The predicted molar refractivity (Wildman–Crippen MR) is 51.6 cm³/mol. The van der Waals surface area contributed by atoms with Crippen molar-refractivity contribution in [2.24, 2.45) is 5.73 Å². The highest BCUT2D eigenvalue weighted by Crippen LogP contribution is 2.21. The van der Waals surface area contributed by atoms with Crippen LogP contribution in [0, 0.1) is 17.1 Å². The van der Waals surface area contributed by atoms with Crippen LogP contribution in [0.1, 0.15) is 5.56 Å². The lowest BCUT2D eigenvalue weighted by Crippen LogP contribution is -2.18. The van der Waals surface area contributed by atoms with Crippen LogP contribution in [0.15, 0.2) is 24.4 Å². The molecule has 4 nitrogen and oxygen atoms in total. The Kier molecular flexibility index (Phi) is 1.90.